The Bertz CT molecular complexity index is 3440. The molecular weight excluding hydrogens is 1870 g/mol. The summed E-state index contributed by atoms with van der Waals surface area (Å²) in [4.78, 5) is 183. The Balaban J connectivity index is -0.000000194. The minimum atomic E-state index is -4.80. The second kappa shape index (κ2) is 77.1. The number of ether oxygens (including phenoxy) is 6. The standard InChI is InChI=1S/C16H30N2O4.C15H28N2O4.C15H26N2O3.C12H17F3N2O2.C10H17NO3.C6H13NO2.C5H11NO2.C4H6O4.C2H4O2.CH4O.B.ClHO2S.ClH.Li.Na.H2O/c1-6-12(11-14(19)21-5)17-13-7-9-18(10-8-13)15(20)22-16(2,3)4;1-5-11(10-13(18)19)16-12-6-8-17(9-7-12)14(20)21-15(2,3)4;1-5-11-10-13(18)17(11)12-6-8-16(9-7-12)14(19)20-15(2,3)4;1-2-8-7-10(18)17(8)9-3-5-16(6-4-9)11(19)12(13,14)15;1-10(2,3)14-9(13)11-6-4-8(12)5-7-11;1-3-5(7)4-6(8)9-2;1-2-4(6)3-5(7)8;1-3(5)7-8-4(2)6;1-2(3)4;1-2;;1-4(2)3;;;;/h12-13,17H,6-11H2,1-5H3;11-12,16H,5-10H2,1-4H3,(H,18,19);11-12H,5-10H2,1-4H3;8-9H,2-7H2,1H3;4-7H2,1-3H3;5H,3-4,7H2,1-2H3;4H,2-3,6H2,1H3,(H,7,8);1-2H3;1H3,(H,3,4);2H,1H3;;(H,2,3);1H;;;1H2/q;;;;;;;;;;;;;2*+1;/p-3/t12-;2*11-;8-;;5-;4-;;;;;;;;;/m0000.00........./s1. The van der Waals surface area contributed by atoms with Crippen molar-refractivity contribution >= 4 is 131 Å². The van der Waals surface area contributed by atoms with Crippen LogP contribution in [0.2, 0.25) is 0 Å². The van der Waals surface area contributed by atoms with Gasteiger partial charge in [-0.1, -0.05) is 41.5 Å². The van der Waals surface area contributed by atoms with Gasteiger partial charge in [0.1, 0.15) is 28.2 Å². The number of carboxylic acid groups (broad SMARTS) is 3. The first-order valence-electron chi connectivity index (χ1n) is 44.2. The number of alkyl halides is 3. The summed E-state index contributed by atoms with van der Waals surface area (Å²) in [6.45, 7) is 42.7. The number of esters is 2. The van der Waals surface area contributed by atoms with Gasteiger partial charge in [0.2, 0.25) is 11.8 Å². The van der Waals surface area contributed by atoms with Crippen molar-refractivity contribution < 1.29 is 206 Å². The van der Waals surface area contributed by atoms with Gasteiger partial charge in [-0.3, -0.25) is 42.6 Å². The molecule has 7 fully saturated rings. The van der Waals surface area contributed by atoms with Crippen molar-refractivity contribution in [2.45, 2.75) is 376 Å². The molecule has 50 heteroatoms. The largest absolute Gasteiger partial charge is 1.00 e. The number of amides is 7. The van der Waals surface area contributed by atoms with Crippen molar-refractivity contribution in [3.05, 3.63) is 0 Å². The van der Waals surface area contributed by atoms with Crippen LogP contribution in [-0.2, 0) is 101 Å². The van der Waals surface area contributed by atoms with Crippen molar-refractivity contribution in [3.8, 4) is 0 Å². The summed E-state index contributed by atoms with van der Waals surface area (Å²) in [6.07, 6.45) is 8.33. The number of halogens is 5. The summed E-state index contributed by atoms with van der Waals surface area (Å²) >= 11 is 0. The number of rotatable bonds is 20. The van der Waals surface area contributed by atoms with Crippen LogP contribution in [0.15, 0.2) is 0 Å². The number of aliphatic hydroxyl groups is 1. The van der Waals surface area contributed by atoms with Gasteiger partial charge in [-0.2, -0.15) is 13.2 Å². The van der Waals surface area contributed by atoms with Gasteiger partial charge in [0.25, 0.3) is 0 Å². The van der Waals surface area contributed by atoms with Gasteiger partial charge >= 0.3 is 121 Å². The van der Waals surface area contributed by atoms with Gasteiger partial charge in [-0.05, 0) is 191 Å². The molecule has 7 heterocycles. The molecule has 0 bridgehead atoms. The number of nitrogens with two attached hydrogens (primary N) is 2. The summed E-state index contributed by atoms with van der Waals surface area (Å²) in [5.41, 5.74) is 8.90. The van der Waals surface area contributed by atoms with E-state index in [-0.39, 0.29) is 197 Å². The Morgan fingerprint density at radius 2 is 0.735 bits per heavy atom. The molecule has 7 aliphatic rings. The molecule has 0 saturated carbocycles. The predicted octanol–water partition coefficient (Wildman–Crippen LogP) is 2.85. The third-order valence-electron chi connectivity index (χ3n) is 19.7. The van der Waals surface area contributed by atoms with Crippen LogP contribution in [0.5, 0.6) is 0 Å². The fourth-order valence-electron chi connectivity index (χ4n) is 13.0. The summed E-state index contributed by atoms with van der Waals surface area (Å²) in [5, 5.41) is 39.8. The normalized spacial score (nSPS) is 17.6. The van der Waals surface area contributed by atoms with E-state index in [1.807, 2.05) is 116 Å². The number of nitrogens with one attached hydrogen (secondary N) is 2. The smallest absolute Gasteiger partial charge is 0.870 e. The molecule has 7 saturated heterocycles. The number of carboxylic acids is 3. The zero-order valence-electron chi connectivity index (χ0n) is 85.0. The molecule has 7 rings (SSSR count). The molecule has 0 aliphatic carbocycles. The summed E-state index contributed by atoms with van der Waals surface area (Å²) < 4.78 is 84.8. The average Bonchev–Trinajstić information content (AvgIpc) is 0.788. The maximum Gasteiger partial charge on any atom is 1.00 e. The third-order valence-corrected chi connectivity index (χ3v) is 19.7. The van der Waals surface area contributed by atoms with Crippen molar-refractivity contribution in [3.63, 3.8) is 0 Å². The van der Waals surface area contributed by atoms with E-state index in [1.54, 1.807) is 24.5 Å². The number of hydrogen-bond donors (Lipinski definition) is 7. The van der Waals surface area contributed by atoms with Gasteiger partial charge < -0.3 is 120 Å². The van der Waals surface area contributed by atoms with E-state index >= 15 is 0 Å². The first-order valence-corrected chi connectivity index (χ1v) is 46.1. The maximum absolute atomic E-state index is 12.3. The monoisotopic (exact) mass is 2020 g/mol. The predicted molar refractivity (Wildman–Crippen MR) is 492 cm³/mol. The Hall–Kier alpha value is -6.65. The maximum atomic E-state index is 12.3. The molecule has 136 heavy (non-hydrogen) atoms. The van der Waals surface area contributed by atoms with E-state index in [9.17, 15) is 80.3 Å². The SMILES string of the molecule is CC(=O)OOC(C)=O.CC(=O)[O-].CC(C)(C)OC(=O)N1CCC(=O)CC1.CC[C@@H](CC(=O)O)NC1CCN(C(=O)OC(C)(C)C)CC1.CC[C@@H](CC(=O)OC)NC1CCN(C(=O)OC(C)(C)C)CC1.CC[C@H](N)CC(=O)O.CC[C@H](N)CC(=O)OC.CC[C@H]1CC(=O)N1C1CCN(C(=O)C(F)(F)F)CC1.CC[C@H]1CC(=O)N1C1CCN(C(=O)OC(C)(C)C)CC1.CO.Cl.O=S([O-])Cl.[B].[Li+].[Na+].[OH-]. The van der Waals surface area contributed by atoms with Gasteiger partial charge in [-0.25, -0.2) is 38.5 Å². The quantitative estimate of drug-likeness (QED) is 0.0135. The average molecular weight is 2030 g/mol. The number of methoxy groups -OCH3 is 2. The first kappa shape index (κ1) is 147. The number of ketones is 1. The molecule has 41 nitrogen and oxygen atoms in total. The summed E-state index contributed by atoms with van der Waals surface area (Å²) in [5.74, 6) is -5.58. The Morgan fingerprint density at radius 3 is 0.956 bits per heavy atom. The molecule has 7 atom stereocenters. The topological polar surface area (TPSA) is 583 Å². The van der Waals surface area contributed by atoms with Crippen LogP contribution in [0, 0.1) is 0 Å². The molecule has 7 amide bonds. The number of piperidine rings is 5. The summed E-state index contributed by atoms with van der Waals surface area (Å²) in [6, 6.07) is 1.45. The second-order valence-electron chi connectivity index (χ2n) is 35.3. The van der Waals surface area contributed by atoms with Gasteiger partial charge in [0.15, 0.2) is 0 Å². The minimum Gasteiger partial charge on any atom is -0.870 e. The Morgan fingerprint density at radius 1 is 0.485 bits per heavy atom. The number of β-lactam (4-membered cyclic amide) rings is 2. The van der Waals surface area contributed by atoms with Crippen LogP contribution in [0.4, 0.5) is 32.3 Å². The third kappa shape index (κ3) is 73.5. The number of aliphatic hydroxyl groups excluding tert-OH is 1. The molecule has 1 unspecified atom stereocenters. The van der Waals surface area contributed by atoms with Crippen molar-refractivity contribution in [2.75, 3.05) is 86.8 Å². The summed E-state index contributed by atoms with van der Waals surface area (Å²) in [7, 11) is 5.58. The number of aliphatic carboxylic acids is 3. The van der Waals surface area contributed by atoms with Crippen LogP contribution in [0.25, 0.3) is 0 Å². The van der Waals surface area contributed by atoms with E-state index in [0.717, 1.165) is 110 Å². The van der Waals surface area contributed by atoms with Crippen molar-refractivity contribution in [2.24, 2.45) is 11.5 Å². The number of carbonyl (C=O) groups excluding carboxylic acids is 13. The van der Waals surface area contributed by atoms with Gasteiger partial charge in [0, 0.05) is 197 Å². The molecule has 0 aromatic carbocycles. The fourth-order valence-corrected chi connectivity index (χ4v) is 13.0. The second-order valence-corrected chi connectivity index (χ2v) is 36.5. The molecule has 0 spiro atoms. The van der Waals surface area contributed by atoms with E-state index in [1.165, 1.54) is 14.2 Å². The zero-order chi connectivity index (χ0) is 102. The van der Waals surface area contributed by atoms with Crippen molar-refractivity contribution in [1.82, 2.24) is 44.9 Å². The first-order chi connectivity index (χ1) is 60.4. The van der Waals surface area contributed by atoms with Crippen LogP contribution in [0.3, 0.4) is 0 Å². The van der Waals surface area contributed by atoms with Crippen LogP contribution in [0.1, 0.15) is 287 Å². The van der Waals surface area contributed by atoms with Crippen LogP contribution >= 0.6 is 23.1 Å². The fraction of sp³-hybridized carbons (Fsp3) is 0.826. The minimum absolute atomic E-state index is 0. The van der Waals surface area contributed by atoms with E-state index in [4.69, 9.17) is 69.1 Å². The molecule has 3 radical (unpaired) electrons. The molecule has 0 aromatic heterocycles. The van der Waals surface area contributed by atoms with E-state index < -0.39 is 74.6 Å². The molecule has 0 aromatic rings. The molecule has 10 N–H and O–H groups in total. The van der Waals surface area contributed by atoms with E-state index in [0.29, 0.717) is 122 Å². The number of carbonyl (C=O) groups is 15. The number of likely N-dealkylation sites (tertiary alicyclic amines) is 7. The van der Waals surface area contributed by atoms with Gasteiger partial charge in [0.05, 0.1) is 39.9 Å². The zero-order valence-corrected chi connectivity index (χ0v) is 89.4. The number of nitrogens with zero attached hydrogens (tertiary/aromatic N) is 7. The van der Waals surface area contributed by atoms with Crippen LogP contribution < -0.4 is 75.6 Å². The molecule has 783 valence electrons. The van der Waals surface area contributed by atoms with Crippen LogP contribution in [-0.4, -0.2) is 338 Å². The Kier molecular flexibility index (Phi) is 83.4. The number of hydrogen-bond acceptors (Lipinski definition) is 32. The van der Waals surface area contributed by atoms with Crippen molar-refractivity contribution in [1.29, 1.82) is 0 Å². The molecule has 7 aliphatic heterocycles. The molecular formula is C86H157BCl2F3LiN11NaO30S-. The number of Topliss-reactive ketones (excluding diaryl/α,β-unsaturated/α-hetero) is 1. The van der Waals surface area contributed by atoms with E-state index in [2.05, 4.69) is 49.7 Å². The van der Waals surface area contributed by atoms with Gasteiger partial charge in [-0.15, -0.1) is 12.4 Å². The Labute approximate surface area is 851 Å².